The van der Waals surface area contributed by atoms with E-state index in [2.05, 4.69) is 24.2 Å². The van der Waals surface area contributed by atoms with Gasteiger partial charge in [0.05, 0.1) is 4.90 Å². The van der Waals surface area contributed by atoms with Crippen molar-refractivity contribution in [2.75, 3.05) is 33.4 Å². The molecule has 1 rings (SSSR count). The molecule has 0 saturated heterocycles. The second-order valence-corrected chi connectivity index (χ2v) is 6.97. The number of nitrogens with one attached hydrogen (secondary N) is 1. The minimum Gasteiger partial charge on any atom is -0.320 e. The Morgan fingerprint density at radius 2 is 1.84 bits per heavy atom. The molecule has 0 aliphatic rings. The molecule has 0 saturated carbocycles. The Bertz CT molecular complexity index is 483. The van der Waals surface area contributed by atoms with Gasteiger partial charge >= 0.3 is 0 Å². The zero-order valence-corrected chi connectivity index (χ0v) is 13.0. The molecular weight excluding hydrogens is 260 g/mol. The van der Waals surface area contributed by atoms with Crippen molar-refractivity contribution in [3.05, 3.63) is 29.8 Å². The molecule has 0 aliphatic carbocycles. The van der Waals surface area contributed by atoms with Gasteiger partial charge in [0.25, 0.3) is 0 Å². The SMILES string of the molecule is CNCCCN(C)C(C)c1ccc(S(C)(=O)=O)cc1. The Morgan fingerprint density at radius 3 is 2.32 bits per heavy atom. The fourth-order valence-electron chi connectivity index (χ4n) is 1.95. The summed E-state index contributed by atoms with van der Waals surface area (Å²) in [7, 11) is 0.935. The molecule has 0 bridgehead atoms. The quantitative estimate of drug-likeness (QED) is 0.774. The number of nitrogens with zero attached hydrogens (tertiary/aromatic N) is 1. The van der Waals surface area contributed by atoms with Crippen LogP contribution < -0.4 is 5.32 Å². The van der Waals surface area contributed by atoms with Gasteiger partial charge in [-0.1, -0.05) is 12.1 Å². The van der Waals surface area contributed by atoms with Crippen LogP contribution in [0.2, 0.25) is 0 Å². The molecule has 1 N–H and O–H groups in total. The molecule has 1 aromatic carbocycles. The van der Waals surface area contributed by atoms with Crippen LogP contribution in [0.4, 0.5) is 0 Å². The fourth-order valence-corrected chi connectivity index (χ4v) is 2.58. The maximum Gasteiger partial charge on any atom is 0.175 e. The summed E-state index contributed by atoms with van der Waals surface area (Å²) in [5.74, 6) is 0. The molecule has 1 atom stereocenters. The van der Waals surface area contributed by atoms with Crippen molar-refractivity contribution in [3.63, 3.8) is 0 Å². The van der Waals surface area contributed by atoms with Crippen molar-refractivity contribution >= 4 is 9.84 Å². The van der Waals surface area contributed by atoms with Crippen LogP contribution in [0.5, 0.6) is 0 Å². The van der Waals surface area contributed by atoms with Crippen LogP contribution >= 0.6 is 0 Å². The molecule has 19 heavy (non-hydrogen) atoms. The van der Waals surface area contributed by atoms with Crippen molar-refractivity contribution < 1.29 is 8.42 Å². The van der Waals surface area contributed by atoms with Gasteiger partial charge < -0.3 is 5.32 Å². The predicted molar refractivity (Wildman–Crippen MR) is 79.1 cm³/mol. The Balaban J connectivity index is 2.69. The van der Waals surface area contributed by atoms with Crippen molar-refractivity contribution in [1.82, 2.24) is 10.2 Å². The Labute approximate surface area is 116 Å². The van der Waals surface area contributed by atoms with Gasteiger partial charge in [0, 0.05) is 12.3 Å². The van der Waals surface area contributed by atoms with Crippen LogP contribution in [0, 0.1) is 0 Å². The van der Waals surface area contributed by atoms with Gasteiger partial charge in [0.2, 0.25) is 0 Å². The largest absolute Gasteiger partial charge is 0.320 e. The smallest absolute Gasteiger partial charge is 0.175 e. The molecule has 1 aromatic rings. The van der Waals surface area contributed by atoms with E-state index in [-0.39, 0.29) is 6.04 Å². The maximum absolute atomic E-state index is 11.4. The van der Waals surface area contributed by atoms with Crippen molar-refractivity contribution in [2.24, 2.45) is 0 Å². The van der Waals surface area contributed by atoms with Gasteiger partial charge in [-0.05, 0) is 58.2 Å². The Morgan fingerprint density at radius 1 is 1.26 bits per heavy atom. The van der Waals surface area contributed by atoms with E-state index in [1.807, 2.05) is 19.2 Å². The summed E-state index contributed by atoms with van der Waals surface area (Å²) in [6, 6.07) is 7.45. The summed E-state index contributed by atoms with van der Waals surface area (Å²) in [6.07, 6.45) is 2.33. The molecule has 0 fully saturated rings. The first-order valence-corrected chi connectivity index (χ1v) is 8.40. The van der Waals surface area contributed by atoms with E-state index >= 15 is 0 Å². The molecular formula is C14H24N2O2S. The zero-order valence-electron chi connectivity index (χ0n) is 12.2. The summed E-state index contributed by atoms with van der Waals surface area (Å²) < 4.78 is 22.8. The van der Waals surface area contributed by atoms with E-state index in [1.165, 1.54) is 6.26 Å². The van der Waals surface area contributed by atoms with Gasteiger partial charge in [-0.25, -0.2) is 8.42 Å². The number of benzene rings is 1. The first kappa shape index (κ1) is 16.1. The second kappa shape index (κ2) is 7.03. The van der Waals surface area contributed by atoms with Crippen LogP contribution in [-0.2, 0) is 9.84 Å². The highest BCUT2D eigenvalue weighted by molar-refractivity contribution is 7.90. The zero-order chi connectivity index (χ0) is 14.5. The third-order valence-corrected chi connectivity index (χ3v) is 4.52. The van der Waals surface area contributed by atoms with E-state index in [9.17, 15) is 8.42 Å². The molecule has 0 aromatic heterocycles. The molecule has 0 heterocycles. The lowest BCUT2D eigenvalue weighted by atomic mass is 10.1. The van der Waals surface area contributed by atoms with Crippen LogP contribution in [0.3, 0.4) is 0 Å². The normalized spacial score (nSPS) is 13.7. The molecule has 1 unspecified atom stereocenters. The van der Waals surface area contributed by atoms with Crippen LogP contribution in [0.1, 0.15) is 24.9 Å². The van der Waals surface area contributed by atoms with Crippen molar-refractivity contribution in [1.29, 1.82) is 0 Å². The molecule has 5 heteroatoms. The molecule has 0 amide bonds. The minimum absolute atomic E-state index is 0.283. The van der Waals surface area contributed by atoms with Crippen molar-refractivity contribution in [2.45, 2.75) is 24.3 Å². The van der Waals surface area contributed by atoms with Crippen LogP contribution in [0.25, 0.3) is 0 Å². The maximum atomic E-state index is 11.4. The van der Waals surface area contributed by atoms with Gasteiger partial charge in [0.1, 0.15) is 0 Å². The summed E-state index contributed by atoms with van der Waals surface area (Å²) >= 11 is 0. The van der Waals surface area contributed by atoms with E-state index in [0.717, 1.165) is 25.1 Å². The number of hydrogen-bond acceptors (Lipinski definition) is 4. The standard InChI is InChI=1S/C14H24N2O2S/c1-12(16(3)11-5-10-15-2)13-6-8-14(9-7-13)19(4,17)18/h6-9,12,15H,5,10-11H2,1-4H3. The average molecular weight is 284 g/mol. The third kappa shape index (κ3) is 4.93. The van der Waals surface area contributed by atoms with Crippen LogP contribution in [0.15, 0.2) is 29.2 Å². The lowest BCUT2D eigenvalue weighted by Crippen LogP contribution is -2.25. The lowest BCUT2D eigenvalue weighted by Gasteiger charge is -2.25. The van der Waals surface area contributed by atoms with Crippen molar-refractivity contribution in [3.8, 4) is 0 Å². The predicted octanol–water partition coefficient (Wildman–Crippen LogP) is 1.69. The summed E-state index contributed by atoms with van der Waals surface area (Å²) in [5.41, 5.74) is 1.14. The molecule has 0 spiro atoms. The Kier molecular flexibility index (Phi) is 5.97. The first-order chi connectivity index (χ1) is 8.86. The topological polar surface area (TPSA) is 49.4 Å². The Hall–Kier alpha value is -0.910. The van der Waals surface area contributed by atoms with E-state index in [4.69, 9.17) is 0 Å². The monoisotopic (exact) mass is 284 g/mol. The molecule has 0 aliphatic heterocycles. The average Bonchev–Trinajstić information content (AvgIpc) is 2.37. The summed E-state index contributed by atoms with van der Waals surface area (Å²) in [5, 5.41) is 3.13. The number of hydrogen-bond donors (Lipinski definition) is 1. The van der Waals surface area contributed by atoms with E-state index < -0.39 is 9.84 Å². The summed E-state index contributed by atoms with van der Waals surface area (Å²) in [6.45, 7) is 4.15. The highest BCUT2D eigenvalue weighted by Gasteiger charge is 2.12. The van der Waals surface area contributed by atoms with Crippen LogP contribution in [-0.4, -0.2) is 46.8 Å². The highest BCUT2D eigenvalue weighted by atomic mass is 32.2. The number of rotatable bonds is 7. The first-order valence-electron chi connectivity index (χ1n) is 6.51. The molecule has 0 radical (unpaired) electrons. The highest BCUT2D eigenvalue weighted by Crippen LogP contribution is 2.20. The van der Waals surface area contributed by atoms with Gasteiger partial charge in [0.15, 0.2) is 9.84 Å². The molecule has 4 nitrogen and oxygen atoms in total. The molecule has 108 valence electrons. The van der Waals surface area contributed by atoms with E-state index in [1.54, 1.807) is 12.1 Å². The van der Waals surface area contributed by atoms with Gasteiger partial charge in [-0.15, -0.1) is 0 Å². The lowest BCUT2D eigenvalue weighted by molar-refractivity contribution is 0.258. The summed E-state index contributed by atoms with van der Waals surface area (Å²) in [4.78, 5) is 2.65. The van der Waals surface area contributed by atoms with E-state index in [0.29, 0.717) is 4.90 Å². The van der Waals surface area contributed by atoms with Gasteiger partial charge in [-0.2, -0.15) is 0 Å². The second-order valence-electron chi connectivity index (χ2n) is 4.95. The minimum atomic E-state index is -3.10. The number of sulfone groups is 1. The third-order valence-electron chi connectivity index (χ3n) is 3.39. The van der Waals surface area contributed by atoms with Gasteiger partial charge in [-0.3, -0.25) is 4.90 Å². The fraction of sp³-hybridized carbons (Fsp3) is 0.571.